The average Bonchev–Trinajstić information content (AvgIpc) is 1.61. The molecule has 0 aliphatic heterocycles. The first kappa shape index (κ1) is 68.3. The number of phenolic OH excluding ortho intramolecular Hbond substituents is 2. The van der Waals surface area contributed by atoms with Gasteiger partial charge in [0.2, 0.25) is 0 Å². The third-order valence-electron chi connectivity index (χ3n) is 19.2. The Morgan fingerprint density at radius 3 is 0.903 bits per heavy atom. The summed E-state index contributed by atoms with van der Waals surface area (Å²) in [5.41, 5.74) is 12.4. The number of benzene rings is 8. The number of aromatic hydroxyl groups is 2. The van der Waals surface area contributed by atoms with E-state index in [4.69, 9.17) is 9.47 Å². The maximum Gasteiger partial charge on any atom is 0.147 e. The molecule has 10 rings (SSSR count). The maximum absolute atomic E-state index is 16.1. The molecular weight excluding hydrogens is 1150 g/mol. The number of rotatable bonds is 15. The highest BCUT2D eigenvalue weighted by Gasteiger charge is 2.34. The lowest BCUT2D eigenvalue weighted by Gasteiger charge is -2.34. The Bertz CT molecular complexity index is 4060. The van der Waals surface area contributed by atoms with Gasteiger partial charge in [-0.2, -0.15) is 0 Å². The predicted molar refractivity (Wildman–Crippen MR) is 389 cm³/mol. The molecule has 10 aromatic rings. The van der Waals surface area contributed by atoms with Gasteiger partial charge in [0.25, 0.3) is 0 Å². The normalized spacial score (nSPS) is 13.4. The second-order valence-corrected chi connectivity index (χ2v) is 34.8. The summed E-state index contributed by atoms with van der Waals surface area (Å²) in [5, 5.41) is 30.6. The molecule has 0 amide bonds. The maximum atomic E-state index is 16.1. The van der Waals surface area contributed by atoms with Crippen LogP contribution >= 0.6 is 0 Å². The van der Waals surface area contributed by atoms with E-state index in [0.717, 1.165) is 67.6 Å². The molecule has 0 spiro atoms. The molecule has 0 saturated heterocycles. The molecule has 8 aromatic carbocycles. The lowest BCUT2D eigenvalue weighted by molar-refractivity contribution is 0.174. The van der Waals surface area contributed by atoms with Gasteiger partial charge in [0.05, 0.1) is 46.7 Å². The summed E-state index contributed by atoms with van der Waals surface area (Å²) in [4.78, 5) is 0. The summed E-state index contributed by atoms with van der Waals surface area (Å²) < 4.78 is 50.3. The van der Waals surface area contributed by atoms with Crippen LogP contribution < -0.4 is 9.47 Å². The van der Waals surface area contributed by atoms with E-state index in [0.29, 0.717) is 51.5 Å². The van der Waals surface area contributed by atoms with Crippen molar-refractivity contribution in [2.45, 2.75) is 211 Å². The van der Waals surface area contributed by atoms with Crippen molar-refractivity contribution in [1.82, 2.24) is 9.13 Å². The van der Waals surface area contributed by atoms with Crippen molar-refractivity contribution in [1.29, 1.82) is 0 Å². The van der Waals surface area contributed by atoms with Crippen LogP contribution in [-0.2, 0) is 32.5 Å². The second kappa shape index (κ2) is 24.0. The first-order valence-electron chi connectivity index (χ1n) is 33.7. The molecule has 0 atom stereocenters. The van der Waals surface area contributed by atoms with Crippen LogP contribution in [0.3, 0.4) is 0 Å². The molecule has 0 saturated carbocycles. The van der Waals surface area contributed by atoms with Crippen LogP contribution in [0.1, 0.15) is 212 Å². The van der Waals surface area contributed by atoms with Crippen molar-refractivity contribution in [3.05, 3.63) is 178 Å². The molecule has 0 unspecified atom stereocenters. The van der Waals surface area contributed by atoms with Gasteiger partial charge < -0.3 is 28.8 Å². The molecule has 0 radical (unpaired) electrons. The van der Waals surface area contributed by atoms with Gasteiger partial charge in [-0.25, -0.2) is 8.78 Å². The van der Waals surface area contributed by atoms with Gasteiger partial charge in [0, 0.05) is 49.7 Å². The van der Waals surface area contributed by atoms with Gasteiger partial charge in [-0.05, 0) is 205 Å². The third-order valence-corrected chi connectivity index (χ3v) is 19.2. The number of aromatic nitrogens is 2. The Morgan fingerprint density at radius 1 is 0.355 bits per heavy atom. The molecule has 2 N–H and O–H groups in total. The molecule has 93 heavy (non-hydrogen) atoms. The summed E-state index contributed by atoms with van der Waals surface area (Å²) in [6.07, 6.45) is 2.32. The number of halogens is 2. The molecule has 0 aliphatic rings. The first-order chi connectivity index (χ1) is 42.9. The summed E-state index contributed by atoms with van der Waals surface area (Å²) >= 11 is 0. The summed E-state index contributed by atoms with van der Waals surface area (Å²) in [6.45, 7) is 51.7. The van der Waals surface area contributed by atoms with Gasteiger partial charge in [-0.3, -0.25) is 0 Å². The minimum absolute atomic E-state index is 0.0123. The van der Waals surface area contributed by atoms with E-state index in [1.54, 1.807) is 12.1 Å². The zero-order valence-corrected chi connectivity index (χ0v) is 60.2. The van der Waals surface area contributed by atoms with Gasteiger partial charge >= 0.3 is 0 Å². The third kappa shape index (κ3) is 14.0. The lowest BCUT2D eigenvalue weighted by atomic mass is 9.71. The lowest BCUT2D eigenvalue weighted by Crippen LogP contribution is -2.25. The number of phenols is 2. The monoisotopic (exact) mass is 1250 g/mol. The van der Waals surface area contributed by atoms with Crippen molar-refractivity contribution in [3.63, 3.8) is 0 Å². The molecule has 6 nitrogen and oxygen atoms in total. The highest BCUT2D eigenvalue weighted by Crippen LogP contribution is 2.51. The van der Waals surface area contributed by atoms with Crippen molar-refractivity contribution in [2.75, 3.05) is 13.2 Å². The van der Waals surface area contributed by atoms with E-state index in [-0.39, 0.29) is 74.0 Å². The largest absolute Gasteiger partial charge is 0.505 e. The number of hydrogen-bond acceptors (Lipinski definition) is 4. The average molecular weight is 1260 g/mol. The topological polar surface area (TPSA) is 68.8 Å². The molecule has 8 heteroatoms. The van der Waals surface area contributed by atoms with Crippen LogP contribution in [0, 0.1) is 28.4 Å². The van der Waals surface area contributed by atoms with Crippen LogP contribution in [-0.4, -0.2) is 32.6 Å². The number of ether oxygens (including phenoxy) is 2. The van der Waals surface area contributed by atoms with E-state index < -0.39 is 11.6 Å². The van der Waals surface area contributed by atoms with Crippen molar-refractivity contribution in [3.8, 4) is 56.6 Å². The van der Waals surface area contributed by atoms with E-state index in [9.17, 15) is 10.2 Å². The molecule has 0 bridgehead atoms. The standard InChI is InChI=1S/C85H104F2N2O4/c1-24-51(47-92-74-35-29-58(86)45-64(74)66-41-56(84(20,21)49-78(2,3)4)43-72(76(66)90)88-68-31-25-52(80(8,9)10)37-60(68)61-38-53(81(11,12)13)26-32-69(61)88)48-93-75-36-30-59(87)46-65(75)67-42-57(85(22,23)50-79(5,6)7)44-73(77(67)91)89-70-33-27-54(82(14,15)16)39-62(70)63-40-55(83(17,18)19)28-34-71(63)89/h25-46,51,90-91H,24,47-50H2,1-23H3. The summed E-state index contributed by atoms with van der Waals surface area (Å²) in [6, 6.07) is 44.1. The summed E-state index contributed by atoms with van der Waals surface area (Å²) in [7, 11) is 0. The van der Waals surface area contributed by atoms with Crippen molar-refractivity contribution >= 4 is 43.6 Å². The minimum Gasteiger partial charge on any atom is -0.505 e. The van der Waals surface area contributed by atoms with Crippen LogP contribution in [0.4, 0.5) is 8.78 Å². The zero-order chi connectivity index (χ0) is 68.2. The second-order valence-electron chi connectivity index (χ2n) is 34.8. The van der Waals surface area contributed by atoms with Crippen LogP contribution in [0.2, 0.25) is 0 Å². The van der Waals surface area contributed by atoms with Crippen molar-refractivity contribution in [2.24, 2.45) is 16.7 Å². The molecule has 2 aromatic heterocycles. The number of hydrogen-bond donors (Lipinski definition) is 2. The highest BCUT2D eigenvalue weighted by molar-refractivity contribution is 6.11. The minimum atomic E-state index is -0.460. The molecule has 0 aliphatic carbocycles. The van der Waals surface area contributed by atoms with E-state index in [1.165, 1.54) is 46.5 Å². The van der Waals surface area contributed by atoms with Gasteiger partial charge in [-0.1, -0.05) is 184 Å². The highest BCUT2D eigenvalue weighted by atomic mass is 19.1. The van der Waals surface area contributed by atoms with Crippen LogP contribution in [0.15, 0.2) is 133 Å². The molecule has 0 fully saturated rings. The predicted octanol–water partition coefficient (Wildman–Crippen LogP) is 24.0. The zero-order valence-electron chi connectivity index (χ0n) is 60.2. The molecule has 492 valence electrons. The Hall–Kier alpha value is -7.58. The fourth-order valence-corrected chi connectivity index (χ4v) is 14.4. The number of nitrogens with zero attached hydrogens (tertiary/aromatic N) is 2. The van der Waals surface area contributed by atoms with Gasteiger partial charge in [-0.15, -0.1) is 0 Å². The Morgan fingerprint density at radius 2 is 0.645 bits per heavy atom. The van der Waals surface area contributed by atoms with Crippen LogP contribution in [0.5, 0.6) is 23.0 Å². The van der Waals surface area contributed by atoms with Gasteiger partial charge in [0.15, 0.2) is 0 Å². The van der Waals surface area contributed by atoms with E-state index >= 15 is 8.78 Å². The summed E-state index contributed by atoms with van der Waals surface area (Å²) in [5.74, 6) is -0.270. The fourth-order valence-electron chi connectivity index (χ4n) is 14.4. The molecule has 2 heterocycles. The van der Waals surface area contributed by atoms with Crippen LogP contribution in [0.25, 0.3) is 77.2 Å². The van der Waals surface area contributed by atoms with Crippen molar-refractivity contribution < 1.29 is 28.5 Å². The van der Waals surface area contributed by atoms with E-state index in [1.807, 2.05) is 12.1 Å². The Kier molecular flexibility index (Phi) is 17.6. The van der Waals surface area contributed by atoms with Gasteiger partial charge in [0.1, 0.15) is 34.6 Å². The molecular formula is C85H104F2N2O4. The Balaban J connectivity index is 1.06. The smallest absolute Gasteiger partial charge is 0.147 e. The fraction of sp³-hybridized carbons (Fsp3) is 0.435. The number of fused-ring (bicyclic) bond motifs is 6. The SMILES string of the molecule is CCC(COc1ccc(F)cc1-c1cc(C(C)(C)CC(C)(C)C)cc(-n2c3ccc(C(C)(C)C)cc3c3cc(C(C)(C)C)ccc32)c1O)COc1ccc(F)cc1-c1cc(C(C)(C)CC(C)(C)C)cc(-n2c3ccc(C(C)(C)C)cc3c3cc(C(C)(C)C)ccc32)c1O. The quantitative estimate of drug-likeness (QED) is 0.107. The van der Waals surface area contributed by atoms with E-state index in [2.05, 4.69) is 253 Å². The first-order valence-corrected chi connectivity index (χ1v) is 33.7. The Labute approximate surface area is 554 Å².